The average molecular weight is 367 g/mol. The number of carbonyl (C=O) groups is 4. The summed E-state index contributed by atoms with van der Waals surface area (Å²) in [5.74, 6) is -2.70. The molecule has 0 unspecified atom stereocenters. The van der Waals surface area contributed by atoms with E-state index >= 15 is 0 Å². The third kappa shape index (κ3) is 4.74. The Labute approximate surface area is 151 Å². The smallest absolute Gasteiger partial charge is 0.330 e. The topological polar surface area (TPSA) is 125 Å². The fourth-order valence-electron chi connectivity index (χ4n) is 2.89. The highest BCUT2D eigenvalue weighted by molar-refractivity contribution is 5.94. The maximum atomic E-state index is 12.6. The number of hydrogen-bond acceptors (Lipinski definition) is 5. The molecule has 9 heteroatoms. The molecule has 0 bridgehead atoms. The molecule has 1 aliphatic carbocycles. The van der Waals surface area contributed by atoms with E-state index < -0.39 is 35.5 Å². The average Bonchev–Trinajstić information content (AvgIpc) is 3.27. The minimum Gasteiger partial charge on any atom is -0.479 e. The molecule has 0 aromatic carbocycles. The van der Waals surface area contributed by atoms with Crippen LogP contribution in [0.25, 0.3) is 0 Å². The standard InChI is InChI=1S/C17H25N3O6/c1-11(21)26-10-13-14(22)19-17(15(23)24)9-12(17)7-5-3-4-6-8-20(2)16(25)18-13/h5,7,12-13H,3-4,6,8-10H2,1-2H3,(H,18,25)(H,19,22)(H,23,24)/t12-,13+,17-/m1/s1. The number of nitrogens with zero attached hydrogens (tertiary/aromatic N) is 1. The molecular weight excluding hydrogens is 342 g/mol. The molecule has 0 spiro atoms. The first kappa shape index (κ1) is 19.7. The van der Waals surface area contributed by atoms with Gasteiger partial charge in [0.25, 0.3) is 0 Å². The maximum Gasteiger partial charge on any atom is 0.330 e. The number of ether oxygens (including phenoxy) is 1. The van der Waals surface area contributed by atoms with E-state index in [2.05, 4.69) is 10.6 Å². The summed E-state index contributed by atoms with van der Waals surface area (Å²) < 4.78 is 4.85. The first-order chi connectivity index (χ1) is 12.3. The number of carboxylic acid groups (broad SMARTS) is 1. The minimum absolute atomic E-state index is 0.290. The monoisotopic (exact) mass is 367 g/mol. The number of nitrogens with one attached hydrogen (secondary N) is 2. The van der Waals surface area contributed by atoms with Gasteiger partial charge in [0, 0.05) is 26.4 Å². The van der Waals surface area contributed by atoms with Gasteiger partial charge in [-0.15, -0.1) is 0 Å². The molecule has 0 saturated heterocycles. The van der Waals surface area contributed by atoms with Crippen molar-refractivity contribution in [3.05, 3.63) is 12.2 Å². The third-order valence-electron chi connectivity index (χ3n) is 4.64. The molecule has 9 nitrogen and oxygen atoms in total. The number of hydrogen-bond donors (Lipinski definition) is 3. The van der Waals surface area contributed by atoms with Crippen molar-refractivity contribution in [2.45, 2.75) is 44.2 Å². The van der Waals surface area contributed by atoms with Crippen molar-refractivity contribution in [3.8, 4) is 0 Å². The van der Waals surface area contributed by atoms with E-state index in [1.807, 2.05) is 12.2 Å². The SMILES string of the molecule is CC(=O)OC[C@@H]1NC(=O)N(C)CCCCC=C[C@@H]2C[C@@]2(C(=O)O)NC1=O. The summed E-state index contributed by atoms with van der Waals surface area (Å²) in [4.78, 5) is 49.0. The number of urea groups is 1. The van der Waals surface area contributed by atoms with E-state index in [-0.39, 0.29) is 12.5 Å². The zero-order valence-corrected chi connectivity index (χ0v) is 15.0. The van der Waals surface area contributed by atoms with Crippen LogP contribution >= 0.6 is 0 Å². The van der Waals surface area contributed by atoms with Gasteiger partial charge in [-0.1, -0.05) is 12.2 Å². The normalized spacial score (nSPS) is 29.7. The van der Waals surface area contributed by atoms with Crippen LogP contribution in [0.1, 0.15) is 32.6 Å². The highest BCUT2D eigenvalue weighted by Gasteiger charge is 2.60. The summed E-state index contributed by atoms with van der Waals surface area (Å²) in [6.07, 6.45) is 6.46. The fraction of sp³-hybridized carbons (Fsp3) is 0.647. The summed E-state index contributed by atoms with van der Waals surface area (Å²) in [5, 5.41) is 14.6. The number of carbonyl (C=O) groups excluding carboxylic acids is 3. The number of esters is 1. The summed E-state index contributed by atoms with van der Waals surface area (Å²) in [6, 6.07) is -1.65. The second-order valence-corrected chi connectivity index (χ2v) is 6.73. The van der Waals surface area contributed by atoms with Crippen molar-refractivity contribution >= 4 is 23.9 Å². The Morgan fingerprint density at radius 3 is 2.77 bits per heavy atom. The second kappa shape index (κ2) is 8.20. The van der Waals surface area contributed by atoms with E-state index in [9.17, 15) is 24.3 Å². The van der Waals surface area contributed by atoms with Gasteiger partial charge in [0.1, 0.15) is 18.2 Å². The van der Waals surface area contributed by atoms with Crippen LogP contribution in [-0.4, -0.2) is 65.7 Å². The van der Waals surface area contributed by atoms with Crippen LogP contribution in [0.4, 0.5) is 4.79 Å². The predicted molar refractivity (Wildman–Crippen MR) is 91.2 cm³/mol. The van der Waals surface area contributed by atoms with Crippen molar-refractivity contribution in [1.82, 2.24) is 15.5 Å². The van der Waals surface area contributed by atoms with Gasteiger partial charge < -0.3 is 25.4 Å². The molecule has 0 aromatic heterocycles. The van der Waals surface area contributed by atoms with Crippen LogP contribution in [0.15, 0.2) is 12.2 Å². The molecule has 1 fully saturated rings. The first-order valence-corrected chi connectivity index (χ1v) is 8.63. The van der Waals surface area contributed by atoms with E-state index in [0.717, 1.165) is 19.3 Å². The third-order valence-corrected chi connectivity index (χ3v) is 4.64. The van der Waals surface area contributed by atoms with Gasteiger partial charge in [-0.05, 0) is 25.7 Å². The van der Waals surface area contributed by atoms with Gasteiger partial charge in [0.2, 0.25) is 5.91 Å². The van der Waals surface area contributed by atoms with E-state index in [1.54, 1.807) is 7.05 Å². The first-order valence-electron chi connectivity index (χ1n) is 8.63. The fourth-order valence-corrected chi connectivity index (χ4v) is 2.89. The summed E-state index contributed by atoms with van der Waals surface area (Å²) in [5.41, 5.74) is -1.37. The van der Waals surface area contributed by atoms with Crippen LogP contribution in [0, 0.1) is 5.92 Å². The lowest BCUT2D eigenvalue weighted by Crippen LogP contribution is -2.57. The number of fused-ring (bicyclic) bond motifs is 1. The van der Waals surface area contributed by atoms with E-state index in [4.69, 9.17) is 4.74 Å². The van der Waals surface area contributed by atoms with E-state index in [1.165, 1.54) is 11.8 Å². The molecule has 3 atom stereocenters. The lowest BCUT2D eigenvalue weighted by molar-refractivity contribution is -0.146. The van der Waals surface area contributed by atoms with Gasteiger partial charge in [-0.2, -0.15) is 0 Å². The zero-order chi connectivity index (χ0) is 19.3. The highest BCUT2D eigenvalue weighted by Crippen LogP contribution is 2.45. The second-order valence-electron chi connectivity index (χ2n) is 6.73. The summed E-state index contributed by atoms with van der Waals surface area (Å²) in [6.45, 7) is 1.34. The van der Waals surface area contributed by atoms with Crippen molar-refractivity contribution in [3.63, 3.8) is 0 Å². The van der Waals surface area contributed by atoms with Gasteiger partial charge in [0.05, 0.1) is 0 Å². The summed E-state index contributed by atoms with van der Waals surface area (Å²) >= 11 is 0. The van der Waals surface area contributed by atoms with Crippen LogP contribution < -0.4 is 10.6 Å². The lowest BCUT2D eigenvalue weighted by Gasteiger charge is -2.24. The van der Waals surface area contributed by atoms with Crippen LogP contribution in [-0.2, 0) is 19.1 Å². The molecule has 0 aromatic rings. The van der Waals surface area contributed by atoms with Crippen LogP contribution in [0.3, 0.4) is 0 Å². The van der Waals surface area contributed by atoms with Crippen LogP contribution in [0.5, 0.6) is 0 Å². The van der Waals surface area contributed by atoms with Gasteiger partial charge >= 0.3 is 18.0 Å². The van der Waals surface area contributed by atoms with E-state index in [0.29, 0.717) is 13.0 Å². The number of amides is 3. The minimum atomic E-state index is -1.37. The molecule has 144 valence electrons. The van der Waals surface area contributed by atoms with Gasteiger partial charge in [0.15, 0.2) is 0 Å². The van der Waals surface area contributed by atoms with Crippen molar-refractivity contribution in [2.75, 3.05) is 20.2 Å². The van der Waals surface area contributed by atoms with Gasteiger partial charge in [-0.25, -0.2) is 9.59 Å². The van der Waals surface area contributed by atoms with Crippen molar-refractivity contribution in [2.24, 2.45) is 5.92 Å². The Morgan fingerprint density at radius 1 is 1.38 bits per heavy atom. The zero-order valence-electron chi connectivity index (χ0n) is 15.0. The maximum absolute atomic E-state index is 12.6. The molecular formula is C17H25N3O6. The Balaban J connectivity index is 2.20. The molecule has 2 rings (SSSR count). The number of carboxylic acids is 1. The summed E-state index contributed by atoms with van der Waals surface area (Å²) in [7, 11) is 1.60. The molecule has 1 saturated carbocycles. The number of aliphatic carboxylic acids is 1. The molecule has 26 heavy (non-hydrogen) atoms. The predicted octanol–water partition coefficient (Wildman–Crippen LogP) is 0.259. The lowest BCUT2D eigenvalue weighted by atomic mass is 10.1. The quantitative estimate of drug-likeness (QED) is 0.485. The Bertz CT molecular complexity index is 620. The van der Waals surface area contributed by atoms with Crippen LogP contribution in [0.2, 0.25) is 0 Å². The molecule has 3 amide bonds. The number of allylic oxidation sites excluding steroid dienone is 1. The molecule has 1 heterocycles. The highest BCUT2D eigenvalue weighted by atomic mass is 16.5. The molecule has 2 aliphatic rings. The molecule has 3 N–H and O–H groups in total. The molecule has 0 radical (unpaired) electrons. The largest absolute Gasteiger partial charge is 0.479 e. The number of rotatable bonds is 3. The Hall–Kier alpha value is -2.58. The molecule has 1 aliphatic heterocycles. The van der Waals surface area contributed by atoms with Crippen molar-refractivity contribution < 1.29 is 29.0 Å². The van der Waals surface area contributed by atoms with Crippen molar-refractivity contribution in [1.29, 1.82) is 0 Å². The van der Waals surface area contributed by atoms with Gasteiger partial charge in [-0.3, -0.25) is 9.59 Å². The Morgan fingerprint density at radius 2 is 2.12 bits per heavy atom. The Kier molecular flexibility index (Phi) is 6.23.